The first-order valence-corrected chi connectivity index (χ1v) is 14.8. The number of likely N-dealkylation sites (tertiary alicyclic amines) is 1. The predicted molar refractivity (Wildman–Crippen MR) is 151 cm³/mol. The van der Waals surface area contributed by atoms with Crippen molar-refractivity contribution in [3.63, 3.8) is 0 Å². The van der Waals surface area contributed by atoms with Crippen molar-refractivity contribution in [1.29, 1.82) is 0 Å². The van der Waals surface area contributed by atoms with Gasteiger partial charge in [-0.15, -0.1) is 0 Å². The van der Waals surface area contributed by atoms with E-state index in [9.17, 15) is 15.3 Å². The van der Waals surface area contributed by atoms with Crippen molar-refractivity contribution in [1.82, 2.24) is 20.4 Å². The number of phenolic OH excluding ortho intramolecular Hbond substituents is 1. The molecule has 8 rings (SSSR count). The van der Waals surface area contributed by atoms with Crippen molar-refractivity contribution in [2.24, 2.45) is 5.92 Å². The molecule has 5 aliphatic rings. The fourth-order valence-corrected chi connectivity index (χ4v) is 7.99. The standard InChI is InChI=1S/C32H36N4O5/c1-30(2,29-34-28(35-41-29)19-6-4-3-5-7-19)33-16-21-15-32(39)23-14-20-10-11-22(37)26-24(20)31(32,27(40-26)25(21)38)12-13-36(23)17-18-8-9-18/h3-7,10-11,18,23,27,33,37-39H,8-9,12-17H2,1-2H3/t23-,27+,31+,32-/m1/s1. The molecule has 0 amide bonds. The summed E-state index contributed by atoms with van der Waals surface area (Å²) in [6.45, 7) is 6.07. The number of aromatic hydroxyl groups is 1. The summed E-state index contributed by atoms with van der Waals surface area (Å²) >= 11 is 0. The summed E-state index contributed by atoms with van der Waals surface area (Å²) in [4.78, 5) is 7.12. The highest BCUT2D eigenvalue weighted by molar-refractivity contribution is 5.64. The Labute approximate surface area is 238 Å². The Kier molecular flexibility index (Phi) is 5.29. The van der Waals surface area contributed by atoms with Crippen LogP contribution in [0.2, 0.25) is 0 Å². The zero-order valence-electron chi connectivity index (χ0n) is 23.4. The summed E-state index contributed by atoms with van der Waals surface area (Å²) in [5, 5.41) is 43.1. The number of phenols is 1. The van der Waals surface area contributed by atoms with Crippen LogP contribution >= 0.6 is 0 Å². The summed E-state index contributed by atoms with van der Waals surface area (Å²) in [5.41, 5.74) is 0.948. The Hall–Kier alpha value is -3.40. The zero-order valence-corrected chi connectivity index (χ0v) is 23.4. The SMILES string of the molecule is CC(C)(NCC1=C(O)[C@@H]2Oc3c(O)ccc4c3[C@@]23CCN(CC2CC2)[C@H](C4)[C@]3(O)C1)c1nc(-c2ccccc2)no1. The highest BCUT2D eigenvalue weighted by Gasteiger charge is 2.73. The minimum absolute atomic E-state index is 0.0629. The molecule has 2 aliphatic heterocycles. The largest absolute Gasteiger partial charge is 0.508 e. The van der Waals surface area contributed by atoms with Gasteiger partial charge in [0.15, 0.2) is 17.6 Å². The summed E-state index contributed by atoms with van der Waals surface area (Å²) in [6, 6.07) is 13.3. The van der Waals surface area contributed by atoms with Gasteiger partial charge in [-0.1, -0.05) is 41.6 Å². The van der Waals surface area contributed by atoms with Crippen LogP contribution in [0.3, 0.4) is 0 Å². The normalized spacial score (nSPS) is 30.3. The van der Waals surface area contributed by atoms with E-state index >= 15 is 0 Å². The highest BCUT2D eigenvalue weighted by Crippen LogP contribution is 2.66. The van der Waals surface area contributed by atoms with E-state index in [-0.39, 0.29) is 17.6 Å². The van der Waals surface area contributed by atoms with E-state index in [2.05, 4.69) is 20.4 Å². The van der Waals surface area contributed by atoms with E-state index in [1.54, 1.807) is 6.07 Å². The predicted octanol–water partition coefficient (Wildman–Crippen LogP) is 3.95. The van der Waals surface area contributed by atoms with Gasteiger partial charge in [0.05, 0.1) is 16.6 Å². The van der Waals surface area contributed by atoms with Crippen molar-refractivity contribution >= 4 is 0 Å². The molecule has 1 spiro atoms. The summed E-state index contributed by atoms with van der Waals surface area (Å²) in [5.74, 6) is 2.28. The maximum absolute atomic E-state index is 12.9. The molecule has 2 bridgehead atoms. The van der Waals surface area contributed by atoms with Crippen LogP contribution < -0.4 is 10.1 Å². The number of hydrogen-bond donors (Lipinski definition) is 4. The van der Waals surface area contributed by atoms with Crippen LogP contribution in [0.4, 0.5) is 0 Å². The minimum Gasteiger partial charge on any atom is -0.508 e. The first-order valence-electron chi connectivity index (χ1n) is 14.8. The van der Waals surface area contributed by atoms with E-state index in [1.165, 1.54) is 12.8 Å². The second-order valence-corrected chi connectivity index (χ2v) is 13.2. The molecule has 2 aromatic carbocycles. The molecular weight excluding hydrogens is 520 g/mol. The number of ether oxygens (including phenoxy) is 1. The van der Waals surface area contributed by atoms with Crippen molar-refractivity contribution in [2.45, 2.75) is 74.7 Å². The number of rotatable bonds is 7. The smallest absolute Gasteiger partial charge is 0.246 e. The number of aliphatic hydroxyl groups excluding tert-OH is 1. The maximum atomic E-state index is 12.9. The molecule has 0 unspecified atom stereocenters. The minimum atomic E-state index is -1.14. The average molecular weight is 557 g/mol. The Bertz CT molecular complexity index is 1560. The fraction of sp³-hybridized carbons (Fsp3) is 0.500. The van der Waals surface area contributed by atoms with Gasteiger partial charge < -0.3 is 24.6 Å². The van der Waals surface area contributed by atoms with E-state index in [4.69, 9.17) is 9.26 Å². The number of nitrogens with one attached hydrogen (secondary N) is 1. The Morgan fingerprint density at radius 1 is 1.12 bits per heavy atom. The molecular formula is C32H36N4O5. The van der Waals surface area contributed by atoms with Gasteiger partial charge in [-0.25, -0.2) is 0 Å². The number of aromatic nitrogens is 2. The van der Waals surface area contributed by atoms with Gasteiger partial charge in [-0.3, -0.25) is 10.2 Å². The van der Waals surface area contributed by atoms with Crippen LogP contribution in [0, 0.1) is 5.92 Å². The van der Waals surface area contributed by atoms with Gasteiger partial charge >= 0.3 is 0 Å². The van der Waals surface area contributed by atoms with Crippen LogP contribution in [0.5, 0.6) is 11.5 Å². The van der Waals surface area contributed by atoms with Crippen molar-refractivity contribution in [2.75, 3.05) is 19.6 Å². The van der Waals surface area contributed by atoms with Gasteiger partial charge in [0.2, 0.25) is 11.7 Å². The van der Waals surface area contributed by atoms with Crippen LogP contribution in [0.15, 0.2) is 58.3 Å². The monoisotopic (exact) mass is 556 g/mol. The van der Waals surface area contributed by atoms with Crippen LogP contribution in [0.1, 0.15) is 56.5 Å². The maximum Gasteiger partial charge on any atom is 0.246 e. The van der Waals surface area contributed by atoms with Crippen molar-refractivity contribution < 1.29 is 24.6 Å². The molecule has 1 saturated carbocycles. The van der Waals surface area contributed by atoms with Gasteiger partial charge in [0, 0.05) is 36.7 Å². The first kappa shape index (κ1) is 25.3. The lowest BCUT2D eigenvalue weighted by molar-refractivity contribution is -0.171. The van der Waals surface area contributed by atoms with Crippen molar-refractivity contribution in [3.8, 4) is 22.9 Å². The number of benzene rings is 2. The topological polar surface area (TPSA) is 124 Å². The second kappa shape index (κ2) is 8.56. The third-order valence-corrected chi connectivity index (χ3v) is 10.3. The molecule has 1 saturated heterocycles. The molecule has 3 aromatic rings. The molecule has 9 nitrogen and oxygen atoms in total. The second-order valence-electron chi connectivity index (χ2n) is 13.2. The quantitative estimate of drug-likeness (QED) is 0.342. The highest BCUT2D eigenvalue weighted by atomic mass is 16.5. The lowest BCUT2D eigenvalue weighted by atomic mass is 9.49. The molecule has 1 aromatic heterocycles. The molecule has 0 radical (unpaired) electrons. The summed E-state index contributed by atoms with van der Waals surface area (Å²) in [7, 11) is 0. The van der Waals surface area contributed by atoms with Gasteiger partial charge in [-0.05, 0) is 69.2 Å². The molecule has 41 heavy (non-hydrogen) atoms. The van der Waals surface area contributed by atoms with E-state index in [0.717, 1.165) is 29.8 Å². The molecule has 214 valence electrons. The summed E-state index contributed by atoms with van der Waals surface area (Å²) in [6.07, 6.45) is 3.44. The van der Waals surface area contributed by atoms with E-state index in [0.29, 0.717) is 54.8 Å². The number of piperidine rings is 1. The molecule has 9 heteroatoms. The Morgan fingerprint density at radius 3 is 2.71 bits per heavy atom. The third kappa shape index (κ3) is 3.52. The van der Waals surface area contributed by atoms with Crippen LogP contribution in [0.25, 0.3) is 11.4 Å². The lowest BCUT2D eigenvalue weighted by Crippen LogP contribution is -2.75. The molecule has 4 atom stereocenters. The lowest BCUT2D eigenvalue weighted by Gasteiger charge is -2.62. The third-order valence-electron chi connectivity index (χ3n) is 10.3. The number of nitrogens with zero attached hydrogens (tertiary/aromatic N) is 3. The Balaban J connectivity index is 1.13. The fourth-order valence-electron chi connectivity index (χ4n) is 7.99. The average Bonchev–Trinajstić information content (AvgIpc) is 3.48. The first-order chi connectivity index (χ1) is 19.7. The van der Waals surface area contributed by atoms with Gasteiger partial charge in [0.25, 0.3) is 0 Å². The molecule has 2 fully saturated rings. The molecule has 4 N–H and O–H groups in total. The summed E-state index contributed by atoms with van der Waals surface area (Å²) < 4.78 is 12.1. The van der Waals surface area contributed by atoms with Crippen LogP contribution in [-0.4, -0.2) is 67.7 Å². The number of aliphatic hydroxyl groups is 2. The van der Waals surface area contributed by atoms with E-state index < -0.39 is 22.7 Å². The van der Waals surface area contributed by atoms with Crippen molar-refractivity contribution in [3.05, 3.63) is 70.8 Å². The zero-order chi connectivity index (χ0) is 28.1. The van der Waals surface area contributed by atoms with Crippen LogP contribution in [-0.2, 0) is 17.4 Å². The van der Waals surface area contributed by atoms with E-state index in [1.807, 2.05) is 50.2 Å². The van der Waals surface area contributed by atoms with Gasteiger partial charge in [0.1, 0.15) is 5.76 Å². The molecule has 3 heterocycles. The Morgan fingerprint density at radius 2 is 1.93 bits per heavy atom. The molecule has 3 aliphatic carbocycles. The number of hydrogen-bond acceptors (Lipinski definition) is 9. The van der Waals surface area contributed by atoms with Gasteiger partial charge in [-0.2, -0.15) is 4.98 Å².